The number of aryl methyl sites for hydroxylation is 2. The molecule has 0 saturated carbocycles. The van der Waals surface area contributed by atoms with E-state index >= 15 is 0 Å². The number of aliphatic hydroxyl groups is 1. The first-order valence-electron chi connectivity index (χ1n) is 16.3. The van der Waals surface area contributed by atoms with Crippen molar-refractivity contribution in [2.75, 3.05) is 26.4 Å². The van der Waals surface area contributed by atoms with Gasteiger partial charge in [-0.2, -0.15) is 26.3 Å². The number of amides is 3. The maximum atomic E-state index is 13.8. The van der Waals surface area contributed by atoms with E-state index in [1.807, 2.05) is 6.92 Å². The van der Waals surface area contributed by atoms with Gasteiger partial charge in [0.25, 0.3) is 11.5 Å². The molecule has 2 heterocycles. The van der Waals surface area contributed by atoms with Gasteiger partial charge in [0.1, 0.15) is 24.5 Å². The van der Waals surface area contributed by atoms with Gasteiger partial charge in [0.15, 0.2) is 11.5 Å². The summed E-state index contributed by atoms with van der Waals surface area (Å²) in [6.45, 7) is 6.29. The van der Waals surface area contributed by atoms with Crippen LogP contribution in [0.3, 0.4) is 0 Å². The highest BCUT2D eigenvalue weighted by molar-refractivity contribution is 6.07. The number of benzene rings is 2. The molecule has 1 unspecified atom stereocenters. The molecular weight excluding hydrogens is 646 g/mol. The minimum atomic E-state index is -6.01. The van der Waals surface area contributed by atoms with E-state index in [1.165, 1.54) is 0 Å². The van der Waals surface area contributed by atoms with Crippen molar-refractivity contribution in [3.05, 3.63) is 52.6 Å². The summed E-state index contributed by atoms with van der Waals surface area (Å²) in [7, 11) is 0. The molecule has 1 fully saturated rings. The van der Waals surface area contributed by atoms with Gasteiger partial charge in [0.05, 0.1) is 6.61 Å². The summed E-state index contributed by atoms with van der Waals surface area (Å²) in [5.41, 5.74) is -6.78. The van der Waals surface area contributed by atoms with Crippen LogP contribution in [0.2, 0.25) is 0 Å². The topological polar surface area (TPSA) is 97.3 Å². The number of carbonyl (C=O) groups is 2. The Labute approximate surface area is 275 Å². The fourth-order valence-corrected chi connectivity index (χ4v) is 6.17. The number of halogens is 6. The second kappa shape index (κ2) is 14.8. The van der Waals surface area contributed by atoms with Crippen LogP contribution in [-0.4, -0.2) is 60.7 Å². The van der Waals surface area contributed by atoms with Crippen LogP contribution in [0, 0.1) is 0 Å². The summed E-state index contributed by atoms with van der Waals surface area (Å²) < 4.78 is 99.9. The van der Waals surface area contributed by atoms with E-state index < -0.39 is 41.0 Å². The third kappa shape index (κ3) is 7.18. The smallest absolute Gasteiger partial charge is 0.430 e. The number of rotatable bonds is 15. The molecule has 0 aliphatic carbocycles. The molecule has 0 spiro atoms. The summed E-state index contributed by atoms with van der Waals surface area (Å²) >= 11 is 0. The van der Waals surface area contributed by atoms with Crippen molar-refractivity contribution in [1.29, 1.82) is 0 Å². The zero-order chi connectivity index (χ0) is 35.3. The fourth-order valence-electron chi connectivity index (χ4n) is 6.17. The minimum Gasteiger partial charge on any atom is -0.493 e. The molecule has 2 aromatic carbocycles. The zero-order valence-electron chi connectivity index (χ0n) is 27.3. The number of nitrogens with one attached hydrogen (secondary N) is 1. The first-order valence-corrected chi connectivity index (χ1v) is 16.3. The molecule has 0 bridgehead atoms. The number of nitrogens with zero attached hydrogens (tertiary/aromatic N) is 1. The number of carbonyl (C=O) groups excluding carboxylic acids is 2. The average molecular weight is 689 g/mol. The van der Waals surface area contributed by atoms with E-state index in [4.69, 9.17) is 14.2 Å². The number of alkyl halides is 6. The number of ether oxygens (including phenoxy) is 3. The van der Waals surface area contributed by atoms with Crippen molar-refractivity contribution < 1.29 is 55.2 Å². The van der Waals surface area contributed by atoms with Gasteiger partial charge in [-0.15, -0.1) is 0 Å². The molecule has 3 amide bonds. The van der Waals surface area contributed by atoms with Crippen LogP contribution < -0.4 is 19.5 Å². The minimum absolute atomic E-state index is 0.0321. The molecule has 0 aromatic heterocycles. The van der Waals surface area contributed by atoms with Gasteiger partial charge >= 0.3 is 18.4 Å². The van der Waals surface area contributed by atoms with Crippen molar-refractivity contribution >= 4 is 11.9 Å². The molecule has 48 heavy (non-hydrogen) atoms. The van der Waals surface area contributed by atoms with Crippen molar-refractivity contribution in [1.82, 2.24) is 10.2 Å². The van der Waals surface area contributed by atoms with Crippen LogP contribution >= 0.6 is 0 Å². The van der Waals surface area contributed by atoms with E-state index in [2.05, 4.69) is 5.32 Å². The summed E-state index contributed by atoms with van der Waals surface area (Å²) in [6.07, 6.45) is -8.44. The number of unbranched alkanes of at least 4 members (excludes halogenated alkanes) is 3. The second-order valence-electron chi connectivity index (χ2n) is 12.1. The van der Waals surface area contributed by atoms with Crippen LogP contribution in [0.25, 0.3) is 0 Å². The normalized spacial score (nSPS) is 18.3. The number of fused-ring (bicyclic) bond motifs is 1. The molecule has 2 N–H and O–H groups in total. The Morgan fingerprint density at radius 1 is 0.854 bits per heavy atom. The quantitative estimate of drug-likeness (QED) is 0.115. The molecule has 2 aliphatic heterocycles. The van der Waals surface area contributed by atoms with Crippen molar-refractivity contribution in [3.63, 3.8) is 0 Å². The van der Waals surface area contributed by atoms with E-state index in [1.54, 1.807) is 32.0 Å². The summed E-state index contributed by atoms with van der Waals surface area (Å²) in [5, 5.41) is 13.0. The third-order valence-electron chi connectivity index (χ3n) is 8.81. The Kier molecular flexibility index (Phi) is 11.5. The van der Waals surface area contributed by atoms with Crippen LogP contribution in [-0.2, 0) is 28.8 Å². The number of urea groups is 1. The predicted molar refractivity (Wildman–Crippen MR) is 164 cm³/mol. The molecule has 0 radical (unpaired) electrons. The lowest BCUT2D eigenvalue weighted by Crippen LogP contribution is -2.54. The summed E-state index contributed by atoms with van der Waals surface area (Å²) in [6, 6.07) is 6.03. The van der Waals surface area contributed by atoms with Crippen LogP contribution in [0.4, 0.5) is 31.1 Å². The lowest BCUT2D eigenvalue weighted by atomic mass is 9.87. The lowest BCUT2D eigenvalue weighted by Gasteiger charge is -2.33. The second-order valence-corrected chi connectivity index (χ2v) is 12.1. The molecule has 2 aromatic rings. The average Bonchev–Trinajstić information content (AvgIpc) is 3.29. The van der Waals surface area contributed by atoms with Crippen molar-refractivity contribution in [2.24, 2.45) is 0 Å². The SMILES string of the molecule is CCCCCc1cc(C(O)(C(F)(F)F)C(F)(F)F)cc(CCC)c1OCCCCN1C(=O)NC(CC)(c2ccc3c(c2)OCCO3)C1=O. The maximum Gasteiger partial charge on any atom is 0.430 e. The van der Waals surface area contributed by atoms with Gasteiger partial charge in [0.2, 0.25) is 0 Å². The molecule has 14 heteroatoms. The monoisotopic (exact) mass is 688 g/mol. The van der Waals surface area contributed by atoms with Gasteiger partial charge < -0.3 is 24.6 Å². The molecule has 1 saturated heterocycles. The van der Waals surface area contributed by atoms with Crippen LogP contribution in [0.5, 0.6) is 17.2 Å². The number of hydrogen-bond acceptors (Lipinski definition) is 6. The Morgan fingerprint density at radius 2 is 1.50 bits per heavy atom. The molecule has 4 rings (SSSR count). The Balaban J connectivity index is 1.50. The lowest BCUT2D eigenvalue weighted by molar-refractivity contribution is -0.376. The molecular formula is C34H42F6N2O6. The van der Waals surface area contributed by atoms with E-state index in [0.717, 1.165) is 23.5 Å². The Morgan fingerprint density at radius 3 is 2.10 bits per heavy atom. The summed E-state index contributed by atoms with van der Waals surface area (Å²) in [4.78, 5) is 27.7. The zero-order valence-corrected chi connectivity index (χ0v) is 27.3. The standard InChI is InChI=1S/C34H42F6N2O6/c1-4-7-8-12-23-20-25(32(45,33(35,36)37)34(38,39)40)19-22(11-5-2)28(23)48-16-10-9-15-42-29(43)31(6-3,41-30(42)44)24-13-14-26-27(21-24)47-18-17-46-26/h13-14,19-21,45H,4-12,15-18H2,1-3H3,(H,41,44). The number of hydrogen-bond donors (Lipinski definition) is 2. The Bertz CT molecular complexity index is 1450. The summed E-state index contributed by atoms with van der Waals surface area (Å²) in [5.74, 6) is 0.803. The first kappa shape index (κ1) is 37.1. The number of imide groups is 1. The maximum absolute atomic E-state index is 13.8. The highest BCUT2D eigenvalue weighted by atomic mass is 19.4. The van der Waals surface area contributed by atoms with Crippen molar-refractivity contribution in [3.8, 4) is 17.2 Å². The highest BCUT2D eigenvalue weighted by Crippen LogP contribution is 2.51. The Hall–Kier alpha value is -3.68. The van der Waals surface area contributed by atoms with Crippen molar-refractivity contribution in [2.45, 2.75) is 102 Å². The fraction of sp³-hybridized carbons (Fsp3) is 0.588. The first-order chi connectivity index (χ1) is 22.6. The molecule has 1 atom stereocenters. The van der Waals surface area contributed by atoms with Gasteiger partial charge in [-0.1, -0.05) is 46.1 Å². The van der Waals surface area contributed by atoms with Gasteiger partial charge in [-0.25, -0.2) is 4.79 Å². The molecule has 266 valence electrons. The van der Waals surface area contributed by atoms with Gasteiger partial charge in [-0.05, 0) is 79.5 Å². The van der Waals surface area contributed by atoms with E-state index in [-0.39, 0.29) is 49.3 Å². The highest BCUT2D eigenvalue weighted by Gasteiger charge is 2.71. The van der Waals surface area contributed by atoms with Crippen LogP contribution in [0.1, 0.15) is 88.0 Å². The van der Waals surface area contributed by atoms with E-state index in [9.17, 15) is 41.0 Å². The van der Waals surface area contributed by atoms with Crippen LogP contribution in [0.15, 0.2) is 30.3 Å². The third-order valence-corrected chi connectivity index (χ3v) is 8.81. The van der Waals surface area contributed by atoms with Gasteiger partial charge in [-0.3, -0.25) is 9.69 Å². The predicted octanol–water partition coefficient (Wildman–Crippen LogP) is 7.47. The molecule has 2 aliphatic rings. The molecule has 8 nitrogen and oxygen atoms in total. The van der Waals surface area contributed by atoms with Gasteiger partial charge in [0, 0.05) is 12.1 Å². The van der Waals surface area contributed by atoms with E-state index in [0.29, 0.717) is 62.4 Å². The largest absolute Gasteiger partial charge is 0.493 e.